The summed E-state index contributed by atoms with van der Waals surface area (Å²) in [5.74, 6) is -0.297. The van der Waals surface area contributed by atoms with Crippen LogP contribution in [0.1, 0.15) is 23.2 Å². The second-order valence-corrected chi connectivity index (χ2v) is 8.18. The van der Waals surface area contributed by atoms with Gasteiger partial charge in [-0.15, -0.1) is 0 Å². The van der Waals surface area contributed by atoms with Gasteiger partial charge in [-0.3, -0.25) is 4.79 Å². The maximum atomic E-state index is 12.3. The number of halogens is 1. The van der Waals surface area contributed by atoms with E-state index in [-0.39, 0.29) is 23.5 Å². The molecule has 2 aromatic rings. The Bertz CT molecular complexity index is 861. The van der Waals surface area contributed by atoms with Crippen molar-refractivity contribution in [1.82, 2.24) is 4.72 Å². The zero-order chi connectivity index (χ0) is 18.6. The summed E-state index contributed by atoms with van der Waals surface area (Å²) in [7, 11) is -3.61. The van der Waals surface area contributed by atoms with Gasteiger partial charge in [-0.25, -0.2) is 13.1 Å². The van der Waals surface area contributed by atoms with Crippen molar-refractivity contribution in [3.8, 4) is 0 Å². The van der Waals surface area contributed by atoms with Crippen LogP contribution in [0, 0.1) is 0 Å². The molecule has 2 aromatic carbocycles. The Kier molecular flexibility index (Phi) is 5.93. The molecule has 8 heteroatoms. The van der Waals surface area contributed by atoms with Crippen LogP contribution in [-0.2, 0) is 14.8 Å². The summed E-state index contributed by atoms with van der Waals surface area (Å²) in [6.07, 6.45) is 1.75. The maximum Gasteiger partial charge on any atom is 0.255 e. The van der Waals surface area contributed by atoms with Crippen LogP contribution in [0.15, 0.2) is 53.4 Å². The first kappa shape index (κ1) is 18.8. The third kappa shape index (κ3) is 4.82. The average molecular weight is 395 g/mol. The van der Waals surface area contributed by atoms with Gasteiger partial charge in [0.2, 0.25) is 10.0 Å². The molecule has 0 bridgehead atoms. The minimum atomic E-state index is -3.61. The highest BCUT2D eigenvalue weighted by atomic mass is 35.5. The number of nitrogens with one attached hydrogen (secondary N) is 2. The minimum absolute atomic E-state index is 0.0669. The highest BCUT2D eigenvalue weighted by Crippen LogP contribution is 2.17. The summed E-state index contributed by atoms with van der Waals surface area (Å²) in [6.45, 7) is 0.936. The number of amides is 1. The van der Waals surface area contributed by atoms with Crippen molar-refractivity contribution < 1.29 is 17.9 Å². The minimum Gasteiger partial charge on any atom is -0.377 e. The molecular weight excluding hydrogens is 376 g/mol. The highest BCUT2D eigenvalue weighted by Gasteiger charge is 2.20. The van der Waals surface area contributed by atoms with E-state index in [0.717, 1.165) is 12.8 Å². The molecule has 0 saturated carbocycles. The molecule has 1 amide bonds. The molecule has 3 rings (SSSR count). The Morgan fingerprint density at radius 2 is 1.81 bits per heavy atom. The van der Waals surface area contributed by atoms with Crippen molar-refractivity contribution >= 4 is 33.2 Å². The van der Waals surface area contributed by atoms with Crippen LogP contribution < -0.4 is 10.0 Å². The van der Waals surface area contributed by atoms with Crippen LogP contribution in [0.2, 0.25) is 5.02 Å². The van der Waals surface area contributed by atoms with E-state index in [0.29, 0.717) is 22.9 Å². The predicted octanol–water partition coefficient (Wildman–Crippen LogP) is 3.05. The standard InChI is InChI=1S/C18H19ClN2O4S/c19-14-5-3-13(4-6-14)18(22)21-15-7-9-17(10-8-15)26(23,24)20-12-16-2-1-11-25-16/h3-10,16,20H,1-2,11-12H2,(H,21,22). The van der Waals surface area contributed by atoms with Gasteiger partial charge in [0.15, 0.2) is 0 Å². The highest BCUT2D eigenvalue weighted by molar-refractivity contribution is 7.89. The van der Waals surface area contributed by atoms with Crippen molar-refractivity contribution in [3.05, 3.63) is 59.1 Å². The van der Waals surface area contributed by atoms with E-state index >= 15 is 0 Å². The number of sulfonamides is 1. The van der Waals surface area contributed by atoms with Crippen LogP contribution in [-0.4, -0.2) is 33.6 Å². The SMILES string of the molecule is O=C(Nc1ccc(S(=O)(=O)NCC2CCCO2)cc1)c1ccc(Cl)cc1. The van der Waals surface area contributed by atoms with E-state index in [1.165, 1.54) is 12.1 Å². The topological polar surface area (TPSA) is 84.5 Å². The molecule has 0 spiro atoms. The molecule has 1 atom stereocenters. The second-order valence-electron chi connectivity index (χ2n) is 5.97. The van der Waals surface area contributed by atoms with Gasteiger partial charge in [-0.1, -0.05) is 11.6 Å². The monoisotopic (exact) mass is 394 g/mol. The quantitative estimate of drug-likeness (QED) is 0.788. The first-order valence-electron chi connectivity index (χ1n) is 8.22. The number of carbonyl (C=O) groups is 1. The van der Waals surface area contributed by atoms with Crippen LogP contribution in [0.4, 0.5) is 5.69 Å². The lowest BCUT2D eigenvalue weighted by Crippen LogP contribution is -2.31. The molecule has 1 heterocycles. The van der Waals surface area contributed by atoms with E-state index in [1.54, 1.807) is 36.4 Å². The zero-order valence-corrected chi connectivity index (χ0v) is 15.5. The van der Waals surface area contributed by atoms with Gasteiger partial charge in [0, 0.05) is 29.4 Å². The Labute approximate surface area is 157 Å². The summed E-state index contributed by atoms with van der Waals surface area (Å²) in [6, 6.07) is 12.5. The number of rotatable bonds is 6. The third-order valence-electron chi connectivity index (χ3n) is 4.05. The van der Waals surface area contributed by atoms with Crippen molar-refractivity contribution in [2.75, 3.05) is 18.5 Å². The van der Waals surface area contributed by atoms with Gasteiger partial charge in [0.25, 0.3) is 5.91 Å². The van der Waals surface area contributed by atoms with Crippen LogP contribution in [0.3, 0.4) is 0 Å². The molecule has 1 aliphatic rings. The van der Waals surface area contributed by atoms with Crippen LogP contribution in [0.25, 0.3) is 0 Å². The lowest BCUT2D eigenvalue weighted by molar-refractivity contribution is 0.102. The van der Waals surface area contributed by atoms with Crippen LogP contribution >= 0.6 is 11.6 Å². The van der Waals surface area contributed by atoms with E-state index in [4.69, 9.17) is 16.3 Å². The van der Waals surface area contributed by atoms with Gasteiger partial charge >= 0.3 is 0 Å². The lowest BCUT2D eigenvalue weighted by Gasteiger charge is -2.12. The number of anilines is 1. The first-order chi connectivity index (χ1) is 12.4. The van der Waals surface area contributed by atoms with Crippen molar-refractivity contribution in [2.45, 2.75) is 23.8 Å². The summed E-state index contributed by atoms with van der Waals surface area (Å²) >= 11 is 5.80. The van der Waals surface area contributed by atoms with E-state index < -0.39 is 10.0 Å². The molecule has 2 N–H and O–H groups in total. The van der Waals surface area contributed by atoms with Gasteiger partial charge in [0.05, 0.1) is 11.0 Å². The fourth-order valence-corrected chi connectivity index (χ4v) is 3.81. The molecule has 1 unspecified atom stereocenters. The smallest absolute Gasteiger partial charge is 0.255 e. The number of hydrogen-bond acceptors (Lipinski definition) is 4. The molecule has 6 nitrogen and oxygen atoms in total. The molecule has 138 valence electrons. The zero-order valence-electron chi connectivity index (χ0n) is 13.9. The first-order valence-corrected chi connectivity index (χ1v) is 10.1. The fourth-order valence-electron chi connectivity index (χ4n) is 2.61. The summed E-state index contributed by atoms with van der Waals surface area (Å²) in [5.41, 5.74) is 0.965. The molecular formula is C18H19ClN2O4S. The number of hydrogen-bond donors (Lipinski definition) is 2. The predicted molar refractivity (Wildman–Crippen MR) is 100 cm³/mol. The van der Waals surface area contributed by atoms with Gasteiger partial charge in [-0.05, 0) is 61.4 Å². The summed E-state index contributed by atoms with van der Waals surface area (Å²) in [5, 5.41) is 3.26. The molecule has 1 aliphatic heterocycles. The summed E-state index contributed by atoms with van der Waals surface area (Å²) in [4.78, 5) is 12.3. The molecule has 0 radical (unpaired) electrons. The van der Waals surface area contributed by atoms with Gasteiger partial charge in [0.1, 0.15) is 0 Å². The third-order valence-corrected chi connectivity index (χ3v) is 5.75. The molecule has 26 heavy (non-hydrogen) atoms. The van der Waals surface area contributed by atoms with E-state index in [9.17, 15) is 13.2 Å². The Balaban J connectivity index is 1.61. The Hall–Kier alpha value is -1.93. The molecule has 1 fully saturated rings. The van der Waals surface area contributed by atoms with Gasteiger partial charge < -0.3 is 10.1 Å². The average Bonchev–Trinajstić information content (AvgIpc) is 3.15. The van der Waals surface area contributed by atoms with E-state index in [1.807, 2.05) is 0 Å². The maximum absolute atomic E-state index is 12.3. The van der Waals surface area contributed by atoms with Crippen LogP contribution in [0.5, 0.6) is 0 Å². The van der Waals surface area contributed by atoms with Crippen molar-refractivity contribution in [3.63, 3.8) is 0 Å². The second kappa shape index (κ2) is 8.18. The van der Waals surface area contributed by atoms with Gasteiger partial charge in [-0.2, -0.15) is 0 Å². The lowest BCUT2D eigenvalue weighted by atomic mass is 10.2. The number of carbonyl (C=O) groups excluding carboxylic acids is 1. The number of benzene rings is 2. The Morgan fingerprint density at radius 3 is 2.42 bits per heavy atom. The van der Waals surface area contributed by atoms with Crippen molar-refractivity contribution in [1.29, 1.82) is 0 Å². The fraction of sp³-hybridized carbons (Fsp3) is 0.278. The largest absolute Gasteiger partial charge is 0.377 e. The van der Waals surface area contributed by atoms with Crippen molar-refractivity contribution in [2.24, 2.45) is 0 Å². The Morgan fingerprint density at radius 1 is 1.12 bits per heavy atom. The normalized spacial score (nSPS) is 17.2. The molecule has 0 aliphatic carbocycles. The molecule has 0 aromatic heterocycles. The van der Waals surface area contributed by atoms with E-state index in [2.05, 4.69) is 10.0 Å². The number of ether oxygens (including phenoxy) is 1. The summed E-state index contributed by atoms with van der Waals surface area (Å²) < 4.78 is 32.6. The molecule has 1 saturated heterocycles.